The largest absolute Gasteiger partial charge is 0.484 e. The van der Waals surface area contributed by atoms with E-state index in [0.29, 0.717) is 0 Å². The van der Waals surface area contributed by atoms with Crippen LogP contribution in [0.3, 0.4) is 0 Å². The van der Waals surface area contributed by atoms with Gasteiger partial charge in [0, 0.05) is 30.9 Å². The molecule has 118 valence electrons. The van der Waals surface area contributed by atoms with Gasteiger partial charge in [0.15, 0.2) is 6.61 Å². The number of nitrogens with zero attached hydrogens (tertiary/aromatic N) is 2. The van der Waals surface area contributed by atoms with E-state index in [1.165, 1.54) is 24.3 Å². The number of carbonyl (C=O) groups excluding carboxylic acids is 1. The Morgan fingerprint density at radius 1 is 1.41 bits per heavy atom. The summed E-state index contributed by atoms with van der Waals surface area (Å²) in [6.45, 7) is -1.12. The number of ether oxygens (including phenoxy) is 1. The van der Waals surface area contributed by atoms with Gasteiger partial charge in [0.25, 0.3) is 5.91 Å². The summed E-state index contributed by atoms with van der Waals surface area (Å²) in [5.41, 5.74) is 1.05. The van der Waals surface area contributed by atoms with Crippen LogP contribution in [0.25, 0.3) is 0 Å². The van der Waals surface area contributed by atoms with Crippen molar-refractivity contribution in [3.63, 3.8) is 0 Å². The third-order valence-corrected chi connectivity index (χ3v) is 2.71. The van der Waals surface area contributed by atoms with Crippen molar-refractivity contribution in [2.24, 2.45) is 7.05 Å². The van der Waals surface area contributed by atoms with Gasteiger partial charge in [-0.05, 0) is 18.2 Å². The van der Waals surface area contributed by atoms with Gasteiger partial charge >= 0.3 is 6.18 Å². The van der Waals surface area contributed by atoms with Crippen molar-refractivity contribution in [3.8, 4) is 5.75 Å². The summed E-state index contributed by atoms with van der Waals surface area (Å²) in [6.07, 6.45) is -1.05. The summed E-state index contributed by atoms with van der Waals surface area (Å²) >= 11 is 0. The molecule has 0 atom stereocenters. The molecule has 1 heterocycles. The number of carbonyl (C=O) groups is 1. The second kappa shape index (κ2) is 6.50. The maximum atomic E-state index is 12.1. The molecule has 0 aliphatic heterocycles. The first-order valence-corrected chi connectivity index (χ1v) is 6.39. The highest BCUT2D eigenvalue weighted by molar-refractivity contribution is 5.94. The topological polar surface area (TPSA) is 56.2 Å². The second-order valence-corrected chi connectivity index (χ2v) is 4.64. The second-order valence-electron chi connectivity index (χ2n) is 4.64. The number of rotatable bonds is 5. The van der Waals surface area contributed by atoms with Crippen LogP contribution in [0.2, 0.25) is 0 Å². The molecule has 0 radical (unpaired) electrons. The molecule has 0 saturated heterocycles. The molecule has 1 N–H and O–H groups in total. The quantitative estimate of drug-likeness (QED) is 0.921. The number of hydrogen-bond acceptors (Lipinski definition) is 3. The van der Waals surface area contributed by atoms with E-state index < -0.39 is 18.7 Å². The third-order valence-electron chi connectivity index (χ3n) is 2.71. The van der Waals surface area contributed by atoms with E-state index in [0.717, 1.165) is 5.56 Å². The van der Waals surface area contributed by atoms with E-state index in [2.05, 4.69) is 15.2 Å². The Labute approximate surface area is 124 Å². The Kier molecular flexibility index (Phi) is 4.69. The van der Waals surface area contributed by atoms with Crippen LogP contribution in [0.4, 0.5) is 13.2 Å². The maximum Gasteiger partial charge on any atom is 0.422 e. The first kappa shape index (κ1) is 15.9. The molecule has 22 heavy (non-hydrogen) atoms. The van der Waals surface area contributed by atoms with Crippen molar-refractivity contribution in [1.82, 2.24) is 15.1 Å². The number of aryl methyl sites for hydroxylation is 1. The maximum absolute atomic E-state index is 12.1. The first-order chi connectivity index (χ1) is 10.3. The van der Waals surface area contributed by atoms with E-state index in [1.807, 2.05) is 0 Å². The van der Waals surface area contributed by atoms with Gasteiger partial charge in [-0.2, -0.15) is 18.3 Å². The van der Waals surface area contributed by atoms with Gasteiger partial charge in [-0.25, -0.2) is 0 Å². The van der Waals surface area contributed by atoms with E-state index in [9.17, 15) is 18.0 Å². The van der Waals surface area contributed by atoms with Crippen molar-refractivity contribution in [2.75, 3.05) is 6.61 Å². The lowest BCUT2D eigenvalue weighted by Crippen LogP contribution is -2.23. The zero-order chi connectivity index (χ0) is 16.2. The van der Waals surface area contributed by atoms with E-state index in [4.69, 9.17) is 0 Å². The molecule has 2 rings (SSSR count). The number of halogens is 3. The Morgan fingerprint density at radius 3 is 2.82 bits per heavy atom. The predicted octanol–water partition coefficient (Wildman–Crippen LogP) is 2.29. The van der Waals surface area contributed by atoms with Gasteiger partial charge in [0.1, 0.15) is 5.75 Å². The van der Waals surface area contributed by atoms with Crippen molar-refractivity contribution in [1.29, 1.82) is 0 Å². The number of hydrogen-bond donors (Lipinski definition) is 1. The van der Waals surface area contributed by atoms with Gasteiger partial charge < -0.3 is 10.1 Å². The van der Waals surface area contributed by atoms with Crippen LogP contribution < -0.4 is 10.1 Å². The van der Waals surface area contributed by atoms with Gasteiger partial charge in [-0.3, -0.25) is 9.48 Å². The predicted molar refractivity (Wildman–Crippen MR) is 72.4 cm³/mol. The lowest BCUT2D eigenvalue weighted by molar-refractivity contribution is -0.153. The first-order valence-electron chi connectivity index (χ1n) is 6.39. The lowest BCUT2D eigenvalue weighted by atomic mass is 10.2. The normalized spacial score (nSPS) is 11.3. The zero-order valence-electron chi connectivity index (χ0n) is 11.7. The van der Waals surface area contributed by atoms with Crippen molar-refractivity contribution >= 4 is 5.91 Å². The molecule has 1 aromatic carbocycles. The standard InChI is InChI=1S/C14H14F3N3O2/c1-20-8-10(7-19-20)6-18-13(21)11-3-2-4-12(5-11)22-9-14(15,16)17/h2-5,7-8H,6,9H2,1H3,(H,18,21). The highest BCUT2D eigenvalue weighted by atomic mass is 19.4. The van der Waals surface area contributed by atoms with E-state index in [1.54, 1.807) is 24.1 Å². The number of alkyl halides is 3. The number of aromatic nitrogens is 2. The minimum atomic E-state index is -4.42. The van der Waals surface area contributed by atoms with Crippen LogP contribution in [0.1, 0.15) is 15.9 Å². The van der Waals surface area contributed by atoms with Crippen LogP contribution in [0, 0.1) is 0 Å². The van der Waals surface area contributed by atoms with Gasteiger partial charge in [-0.1, -0.05) is 6.07 Å². The molecule has 0 bridgehead atoms. The molecule has 0 aliphatic rings. The van der Waals surface area contributed by atoms with Gasteiger partial charge in [0.2, 0.25) is 0 Å². The van der Waals surface area contributed by atoms with Crippen molar-refractivity contribution in [3.05, 3.63) is 47.8 Å². The average Bonchev–Trinajstić information content (AvgIpc) is 2.88. The SMILES string of the molecule is Cn1cc(CNC(=O)c2cccc(OCC(F)(F)F)c2)cn1. The molecular formula is C14H14F3N3O2. The Balaban J connectivity index is 1.94. The fourth-order valence-corrected chi connectivity index (χ4v) is 1.74. The Morgan fingerprint density at radius 2 is 2.18 bits per heavy atom. The number of amides is 1. The molecule has 1 amide bonds. The summed E-state index contributed by atoms with van der Waals surface area (Å²) in [4.78, 5) is 12.0. The summed E-state index contributed by atoms with van der Waals surface area (Å²) < 4.78 is 42.5. The highest BCUT2D eigenvalue weighted by Crippen LogP contribution is 2.19. The fourth-order valence-electron chi connectivity index (χ4n) is 1.74. The summed E-state index contributed by atoms with van der Waals surface area (Å²) in [5.74, 6) is -0.410. The van der Waals surface area contributed by atoms with E-state index >= 15 is 0 Å². The Hall–Kier alpha value is -2.51. The average molecular weight is 313 g/mol. The van der Waals surface area contributed by atoms with Gasteiger partial charge in [-0.15, -0.1) is 0 Å². The zero-order valence-corrected chi connectivity index (χ0v) is 11.7. The van der Waals surface area contributed by atoms with Crippen LogP contribution in [-0.4, -0.2) is 28.5 Å². The lowest BCUT2D eigenvalue weighted by Gasteiger charge is -2.10. The molecule has 1 aromatic heterocycles. The molecule has 2 aromatic rings. The van der Waals surface area contributed by atoms with Crippen molar-refractivity contribution < 1.29 is 22.7 Å². The molecule has 0 spiro atoms. The van der Waals surface area contributed by atoms with E-state index in [-0.39, 0.29) is 17.9 Å². The molecular weight excluding hydrogens is 299 g/mol. The summed E-state index contributed by atoms with van der Waals surface area (Å²) in [5, 5.41) is 6.63. The monoisotopic (exact) mass is 313 g/mol. The summed E-state index contributed by atoms with van der Waals surface area (Å²) in [6, 6.07) is 5.59. The molecule has 0 unspecified atom stereocenters. The minimum Gasteiger partial charge on any atom is -0.484 e. The summed E-state index contributed by atoms with van der Waals surface area (Å²) in [7, 11) is 1.76. The fraction of sp³-hybridized carbons (Fsp3) is 0.286. The number of nitrogens with one attached hydrogen (secondary N) is 1. The van der Waals surface area contributed by atoms with Gasteiger partial charge in [0.05, 0.1) is 6.20 Å². The molecule has 5 nitrogen and oxygen atoms in total. The highest BCUT2D eigenvalue weighted by Gasteiger charge is 2.28. The molecule has 0 fully saturated rings. The minimum absolute atomic E-state index is 0.00801. The molecule has 0 saturated carbocycles. The van der Waals surface area contributed by atoms with Crippen LogP contribution in [0.5, 0.6) is 5.75 Å². The van der Waals surface area contributed by atoms with Crippen LogP contribution >= 0.6 is 0 Å². The molecule has 0 aliphatic carbocycles. The van der Waals surface area contributed by atoms with Crippen LogP contribution in [-0.2, 0) is 13.6 Å². The Bertz CT molecular complexity index is 653. The number of benzene rings is 1. The smallest absolute Gasteiger partial charge is 0.422 e. The third kappa shape index (κ3) is 4.80. The van der Waals surface area contributed by atoms with Crippen LogP contribution in [0.15, 0.2) is 36.7 Å². The molecule has 8 heteroatoms. The van der Waals surface area contributed by atoms with Crippen molar-refractivity contribution in [2.45, 2.75) is 12.7 Å².